The number of carbonyl (C=O) groups excluding carboxylic acids is 1. The van der Waals surface area contributed by atoms with Crippen LogP contribution < -0.4 is 4.74 Å². The molecule has 0 unspecified atom stereocenters. The van der Waals surface area contributed by atoms with Crippen molar-refractivity contribution in [3.05, 3.63) is 113 Å². The molecule has 0 N–H and O–H groups in total. The normalized spacial score (nSPS) is 11.0. The van der Waals surface area contributed by atoms with E-state index in [-0.39, 0.29) is 5.97 Å². The van der Waals surface area contributed by atoms with Crippen molar-refractivity contribution >= 4 is 28.9 Å². The monoisotopic (exact) mass is 408 g/mol. The zero-order valence-corrected chi connectivity index (χ0v) is 17.5. The standard InChI is InChI=1S/C28H24O3/c1-2-30-28(29)23-15-12-21(13-16-23)14-17-26-18-24-10-6-7-11-25(24)19-27(26)31-20-22-8-4-3-5-9-22/h3-19H,2,20H2,1H3. The predicted octanol–water partition coefficient (Wildman–Crippen LogP) is 6.77. The molecule has 154 valence electrons. The van der Waals surface area contributed by atoms with E-state index >= 15 is 0 Å². The molecule has 0 aliphatic heterocycles. The maximum absolute atomic E-state index is 11.8. The van der Waals surface area contributed by atoms with E-state index < -0.39 is 0 Å². The number of carbonyl (C=O) groups is 1. The molecule has 0 aromatic heterocycles. The molecule has 0 heterocycles. The molecule has 4 aromatic rings. The minimum atomic E-state index is -0.302. The van der Waals surface area contributed by atoms with Crippen LogP contribution in [0.4, 0.5) is 0 Å². The van der Waals surface area contributed by atoms with Crippen LogP contribution in [-0.2, 0) is 11.3 Å². The van der Waals surface area contributed by atoms with Crippen LogP contribution in [0.15, 0.2) is 91.0 Å². The lowest BCUT2D eigenvalue weighted by Gasteiger charge is -2.11. The lowest BCUT2D eigenvalue weighted by atomic mass is 10.0. The van der Waals surface area contributed by atoms with Crippen molar-refractivity contribution < 1.29 is 14.3 Å². The Morgan fingerprint density at radius 3 is 2.19 bits per heavy atom. The molecule has 0 fully saturated rings. The molecule has 0 saturated heterocycles. The van der Waals surface area contributed by atoms with Crippen molar-refractivity contribution in [1.29, 1.82) is 0 Å². The van der Waals surface area contributed by atoms with Gasteiger partial charge in [-0.15, -0.1) is 0 Å². The second-order valence-electron chi connectivity index (χ2n) is 7.19. The van der Waals surface area contributed by atoms with Gasteiger partial charge < -0.3 is 9.47 Å². The van der Waals surface area contributed by atoms with Crippen LogP contribution in [0, 0.1) is 0 Å². The summed E-state index contributed by atoms with van der Waals surface area (Å²) in [5, 5.41) is 2.30. The summed E-state index contributed by atoms with van der Waals surface area (Å²) in [6.45, 7) is 2.68. The molecule has 0 aliphatic carbocycles. The minimum absolute atomic E-state index is 0.302. The van der Waals surface area contributed by atoms with Crippen LogP contribution in [0.1, 0.15) is 34.0 Å². The van der Waals surface area contributed by atoms with Crippen LogP contribution in [0.5, 0.6) is 5.75 Å². The third-order valence-corrected chi connectivity index (χ3v) is 4.99. The molecule has 3 heteroatoms. The zero-order chi connectivity index (χ0) is 21.5. The smallest absolute Gasteiger partial charge is 0.338 e. The second-order valence-corrected chi connectivity index (χ2v) is 7.19. The van der Waals surface area contributed by atoms with E-state index in [0.29, 0.717) is 18.8 Å². The largest absolute Gasteiger partial charge is 0.488 e. The Morgan fingerprint density at radius 1 is 0.806 bits per heavy atom. The molecule has 0 bridgehead atoms. The lowest BCUT2D eigenvalue weighted by molar-refractivity contribution is 0.0526. The molecule has 0 atom stereocenters. The summed E-state index contributed by atoms with van der Waals surface area (Å²) in [6.07, 6.45) is 4.07. The SMILES string of the molecule is CCOC(=O)c1ccc(C=Cc2cc3ccccc3cc2OCc2ccccc2)cc1. The number of hydrogen-bond donors (Lipinski definition) is 0. The molecule has 0 aliphatic rings. The van der Waals surface area contributed by atoms with Crippen LogP contribution in [-0.4, -0.2) is 12.6 Å². The third-order valence-electron chi connectivity index (χ3n) is 4.99. The van der Waals surface area contributed by atoms with Crippen molar-refractivity contribution in [2.45, 2.75) is 13.5 Å². The number of ether oxygens (including phenoxy) is 2. The maximum atomic E-state index is 11.8. The molecule has 4 aromatic carbocycles. The highest BCUT2D eigenvalue weighted by Crippen LogP contribution is 2.28. The van der Waals surface area contributed by atoms with Gasteiger partial charge in [0.1, 0.15) is 12.4 Å². The Hall–Kier alpha value is -3.85. The number of fused-ring (bicyclic) bond motifs is 1. The fourth-order valence-electron chi connectivity index (χ4n) is 3.36. The van der Waals surface area contributed by atoms with Gasteiger partial charge in [0.25, 0.3) is 0 Å². The summed E-state index contributed by atoms with van der Waals surface area (Å²) in [6, 6.07) is 30.0. The van der Waals surface area contributed by atoms with Gasteiger partial charge in [-0.2, -0.15) is 0 Å². The van der Waals surface area contributed by atoms with Crippen molar-refractivity contribution in [1.82, 2.24) is 0 Å². The van der Waals surface area contributed by atoms with E-state index in [0.717, 1.165) is 33.2 Å². The third kappa shape index (κ3) is 5.20. The molecule has 31 heavy (non-hydrogen) atoms. The van der Waals surface area contributed by atoms with Crippen molar-refractivity contribution in [3.8, 4) is 5.75 Å². The quantitative estimate of drug-likeness (QED) is 0.250. The average Bonchev–Trinajstić information content (AvgIpc) is 2.82. The highest BCUT2D eigenvalue weighted by Gasteiger charge is 2.07. The summed E-state index contributed by atoms with van der Waals surface area (Å²) >= 11 is 0. The fraction of sp³-hybridized carbons (Fsp3) is 0.107. The van der Waals surface area contributed by atoms with Gasteiger partial charge in [-0.25, -0.2) is 4.79 Å². The van der Waals surface area contributed by atoms with Crippen molar-refractivity contribution in [2.75, 3.05) is 6.61 Å². The lowest BCUT2D eigenvalue weighted by Crippen LogP contribution is -2.03. The first-order chi connectivity index (χ1) is 15.2. The zero-order valence-electron chi connectivity index (χ0n) is 17.5. The van der Waals surface area contributed by atoms with E-state index in [9.17, 15) is 4.79 Å². The van der Waals surface area contributed by atoms with E-state index in [4.69, 9.17) is 9.47 Å². The Labute approximate surface area is 182 Å². The highest BCUT2D eigenvalue weighted by molar-refractivity contribution is 5.90. The first-order valence-corrected chi connectivity index (χ1v) is 10.4. The van der Waals surface area contributed by atoms with Crippen molar-refractivity contribution in [2.24, 2.45) is 0 Å². The fourth-order valence-corrected chi connectivity index (χ4v) is 3.36. The molecular weight excluding hydrogens is 384 g/mol. The van der Waals surface area contributed by atoms with Gasteiger partial charge in [-0.1, -0.05) is 78.9 Å². The van der Waals surface area contributed by atoms with Crippen LogP contribution in [0.25, 0.3) is 22.9 Å². The van der Waals surface area contributed by atoms with Gasteiger partial charge in [0.15, 0.2) is 0 Å². The number of benzene rings is 4. The maximum Gasteiger partial charge on any atom is 0.338 e. The van der Waals surface area contributed by atoms with E-state index in [2.05, 4.69) is 36.4 Å². The first kappa shape index (κ1) is 20.4. The Kier molecular flexibility index (Phi) is 6.44. The minimum Gasteiger partial charge on any atom is -0.488 e. The second kappa shape index (κ2) is 9.77. The summed E-state index contributed by atoms with van der Waals surface area (Å²) in [5.74, 6) is 0.533. The predicted molar refractivity (Wildman–Crippen MR) is 126 cm³/mol. The molecule has 0 spiro atoms. The molecule has 4 rings (SSSR count). The average molecular weight is 408 g/mol. The van der Waals surface area contributed by atoms with Crippen LogP contribution in [0.2, 0.25) is 0 Å². The molecule has 3 nitrogen and oxygen atoms in total. The number of hydrogen-bond acceptors (Lipinski definition) is 3. The van der Waals surface area contributed by atoms with Crippen LogP contribution >= 0.6 is 0 Å². The van der Waals surface area contributed by atoms with E-state index in [1.807, 2.05) is 54.6 Å². The van der Waals surface area contributed by atoms with Crippen LogP contribution in [0.3, 0.4) is 0 Å². The Balaban J connectivity index is 1.59. The van der Waals surface area contributed by atoms with E-state index in [1.165, 1.54) is 0 Å². The molecule has 0 amide bonds. The summed E-state index contributed by atoms with van der Waals surface area (Å²) in [4.78, 5) is 11.8. The molecule has 0 saturated carbocycles. The Bertz CT molecular complexity index is 1190. The first-order valence-electron chi connectivity index (χ1n) is 10.4. The molecule has 0 radical (unpaired) electrons. The molecular formula is C28H24O3. The van der Waals surface area contributed by atoms with Crippen molar-refractivity contribution in [3.63, 3.8) is 0 Å². The van der Waals surface area contributed by atoms with Gasteiger partial charge in [-0.3, -0.25) is 0 Å². The number of rotatable bonds is 7. The van der Waals surface area contributed by atoms with E-state index in [1.54, 1.807) is 19.1 Å². The Morgan fingerprint density at radius 2 is 1.48 bits per heavy atom. The highest BCUT2D eigenvalue weighted by atomic mass is 16.5. The van der Waals surface area contributed by atoms with Gasteiger partial charge in [-0.05, 0) is 53.1 Å². The topological polar surface area (TPSA) is 35.5 Å². The summed E-state index contributed by atoms with van der Waals surface area (Å²) in [5.41, 5.74) is 3.68. The van der Waals surface area contributed by atoms with Gasteiger partial charge in [0.2, 0.25) is 0 Å². The van der Waals surface area contributed by atoms with Gasteiger partial charge in [0.05, 0.1) is 12.2 Å². The summed E-state index contributed by atoms with van der Waals surface area (Å²) in [7, 11) is 0. The number of esters is 1. The summed E-state index contributed by atoms with van der Waals surface area (Å²) < 4.78 is 11.2. The van der Waals surface area contributed by atoms with Gasteiger partial charge in [0, 0.05) is 5.56 Å². The van der Waals surface area contributed by atoms with Gasteiger partial charge >= 0.3 is 5.97 Å².